The van der Waals surface area contributed by atoms with Crippen LogP contribution in [0.3, 0.4) is 0 Å². The van der Waals surface area contributed by atoms with Crippen LogP contribution in [0, 0.1) is 0 Å². The zero-order chi connectivity index (χ0) is 15.4. The average Bonchev–Trinajstić information content (AvgIpc) is 2.94. The van der Waals surface area contributed by atoms with Crippen LogP contribution in [-0.4, -0.2) is 56.0 Å². The normalized spacial score (nSPS) is 17.8. The molecular weight excluding hydrogens is 351 g/mol. The number of benzene rings is 1. The summed E-state index contributed by atoms with van der Waals surface area (Å²) in [7, 11) is 0. The van der Waals surface area contributed by atoms with E-state index in [2.05, 4.69) is 15.5 Å². The summed E-state index contributed by atoms with van der Waals surface area (Å²) in [6, 6.07) is 7.52. The molecule has 0 unspecified atom stereocenters. The van der Waals surface area contributed by atoms with Crippen LogP contribution < -0.4 is 15.5 Å². The molecule has 134 valence electrons. The van der Waals surface area contributed by atoms with E-state index >= 15 is 0 Å². The van der Waals surface area contributed by atoms with Gasteiger partial charge in [-0.1, -0.05) is 6.07 Å². The number of carbonyl (C=O) groups is 2. The Morgan fingerprint density at radius 2 is 1.92 bits per heavy atom. The first-order valence-electron chi connectivity index (χ1n) is 7.86. The minimum atomic E-state index is -0.00759. The molecule has 0 atom stereocenters. The van der Waals surface area contributed by atoms with Gasteiger partial charge in [-0.2, -0.15) is 0 Å². The van der Waals surface area contributed by atoms with E-state index in [9.17, 15) is 9.59 Å². The lowest BCUT2D eigenvalue weighted by Crippen LogP contribution is -2.46. The standard InChI is InChI=1S/C16H22N4O2.2ClH/c21-15(12-19-9-6-17-7-10-19)18-13-3-1-4-14(11-13)20-8-2-5-16(20)22;;/h1,3-4,11,17H,2,5-10,12H2,(H,18,21);2*1H. The lowest BCUT2D eigenvalue weighted by Gasteiger charge is -2.26. The fourth-order valence-electron chi connectivity index (χ4n) is 2.95. The van der Waals surface area contributed by atoms with Crippen LogP contribution in [0.5, 0.6) is 0 Å². The highest BCUT2D eigenvalue weighted by Crippen LogP contribution is 2.24. The third kappa shape index (κ3) is 5.34. The van der Waals surface area contributed by atoms with E-state index < -0.39 is 0 Å². The van der Waals surface area contributed by atoms with Crippen molar-refractivity contribution in [3.05, 3.63) is 24.3 Å². The van der Waals surface area contributed by atoms with Crippen molar-refractivity contribution in [1.82, 2.24) is 10.2 Å². The van der Waals surface area contributed by atoms with E-state index in [-0.39, 0.29) is 36.6 Å². The van der Waals surface area contributed by atoms with Crippen LogP contribution in [0.2, 0.25) is 0 Å². The molecule has 2 heterocycles. The zero-order valence-electron chi connectivity index (χ0n) is 13.5. The molecule has 24 heavy (non-hydrogen) atoms. The van der Waals surface area contributed by atoms with Gasteiger partial charge in [0, 0.05) is 50.5 Å². The summed E-state index contributed by atoms with van der Waals surface area (Å²) in [5.41, 5.74) is 1.61. The molecule has 2 aliphatic rings. The van der Waals surface area contributed by atoms with Crippen LogP contribution in [-0.2, 0) is 9.59 Å². The van der Waals surface area contributed by atoms with Crippen LogP contribution in [0.25, 0.3) is 0 Å². The van der Waals surface area contributed by atoms with Crippen molar-refractivity contribution in [3.63, 3.8) is 0 Å². The van der Waals surface area contributed by atoms with E-state index in [4.69, 9.17) is 0 Å². The van der Waals surface area contributed by atoms with Gasteiger partial charge in [0.1, 0.15) is 0 Å². The quantitative estimate of drug-likeness (QED) is 0.837. The van der Waals surface area contributed by atoms with Gasteiger partial charge in [0.25, 0.3) is 0 Å². The highest BCUT2D eigenvalue weighted by molar-refractivity contribution is 5.97. The molecule has 2 saturated heterocycles. The molecule has 0 radical (unpaired) electrons. The largest absolute Gasteiger partial charge is 0.325 e. The molecule has 2 N–H and O–H groups in total. The maximum Gasteiger partial charge on any atom is 0.238 e. The summed E-state index contributed by atoms with van der Waals surface area (Å²) in [4.78, 5) is 27.8. The van der Waals surface area contributed by atoms with Gasteiger partial charge in [0.15, 0.2) is 0 Å². The van der Waals surface area contributed by atoms with Gasteiger partial charge in [0.05, 0.1) is 6.54 Å². The molecule has 1 aromatic carbocycles. The topological polar surface area (TPSA) is 64.7 Å². The van der Waals surface area contributed by atoms with Crippen LogP contribution in [0.15, 0.2) is 24.3 Å². The highest BCUT2D eigenvalue weighted by Gasteiger charge is 2.22. The summed E-state index contributed by atoms with van der Waals surface area (Å²) < 4.78 is 0. The zero-order valence-corrected chi connectivity index (χ0v) is 15.1. The SMILES string of the molecule is Cl.Cl.O=C(CN1CCNCC1)Nc1cccc(N2CCCC2=O)c1. The Kier molecular flexibility index (Phi) is 8.48. The first kappa shape index (κ1) is 20.7. The maximum atomic E-state index is 12.1. The second-order valence-corrected chi connectivity index (χ2v) is 5.77. The third-order valence-corrected chi connectivity index (χ3v) is 4.09. The number of halogens is 2. The number of rotatable bonds is 4. The molecular formula is C16H24Cl2N4O2. The summed E-state index contributed by atoms with van der Waals surface area (Å²) >= 11 is 0. The first-order valence-corrected chi connectivity index (χ1v) is 7.86. The summed E-state index contributed by atoms with van der Waals surface area (Å²) in [5.74, 6) is 0.149. The van der Waals surface area contributed by atoms with E-state index in [1.165, 1.54) is 0 Å². The Balaban J connectivity index is 0.00000144. The number of hydrogen-bond acceptors (Lipinski definition) is 4. The minimum absolute atomic E-state index is 0. The predicted molar refractivity (Wildman–Crippen MR) is 100 cm³/mol. The van der Waals surface area contributed by atoms with Gasteiger partial charge in [0.2, 0.25) is 11.8 Å². The van der Waals surface area contributed by atoms with Gasteiger partial charge in [-0.05, 0) is 24.6 Å². The lowest BCUT2D eigenvalue weighted by atomic mass is 10.2. The van der Waals surface area contributed by atoms with Gasteiger partial charge in [-0.15, -0.1) is 24.8 Å². The minimum Gasteiger partial charge on any atom is -0.325 e. The average molecular weight is 375 g/mol. The number of nitrogens with zero attached hydrogens (tertiary/aromatic N) is 2. The Labute approximate surface area is 154 Å². The monoisotopic (exact) mass is 374 g/mol. The van der Waals surface area contributed by atoms with Crippen molar-refractivity contribution in [1.29, 1.82) is 0 Å². The number of hydrogen-bond donors (Lipinski definition) is 2. The number of amides is 2. The highest BCUT2D eigenvalue weighted by atomic mass is 35.5. The Bertz CT molecular complexity index is 565. The maximum absolute atomic E-state index is 12.1. The second kappa shape index (κ2) is 9.84. The molecule has 8 heteroatoms. The molecule has 2 fully saturated rings. The van der Waals surface area contributed by atoms with Crippen molar-refractivity contribution < 1.29 is 9.59 Å². The number of nitrogens with one attached hydrogen (secondary N) is 2. The van der Waals surface area contributed by atoms with E-state index in [1.54, 1.807) is 4.90 Å². The number of piperazine rings is 1. The van der Waals surface area contributed by atoms with Crippen molar-refractivity contribution in [2.45, 2.75) is 12.8 Å². The Morgan fingerprint density at radius 1 is 1.17 bits per heavy atom. The fraction of sp³-hybridized carbons (Fsp3) is 0.500. The molecule has 3 rings (SSSR count). The third-order valence-electron chi connectivity index (χ3n) is 4.09. The molecule has 0 aliphatic carbocycles. The fourth-order valence-corrected chi connectivity index (χ4v) is 2.95. The van der Waals surface area contributed by atoms with Crippen molar-refractivity contribution in [3.8, 4) is 0 Å². The first-order chi connectivity index (χ1) is 10.7. The van der Waals surface area contributed by atoms with Gasteiger partial charge in [-0.3, -0.25) is 14.5 Å². The van der Waals surface area contributed by atoms with Crippen LogP contribution in [0.1, 0.15) is 12.8 Å². The molecule has 6 nitrogen and oxygen atoms in total. The van der Waals surface area contributed by atoms with Gasteiger partial charge in [-0.25, -0.2) is 0 Å². The van der Waals surface area contributed by atoms with Crippen LogP contribution in [0.4, 0.5) is 11.4 Å². The second-order valence-electron chi connectivity index (χ2n) is 5.77. The summed E-state index contributed by atoms with van der Waals surface area (Å²) in [6.45, 7) is 4.83. The molecule has 2 amide bonds. The molecule has 2 aliphatic heterocycles. The number of anilines is 2. The van der Waals surface area contributed by atoms with Crippen molar-refractivity contribution in [2.24, 2.45) is 0 Å². The molecule has 1 aromatic rings. The van der Waals surface area contributed by atoms with Gasteiger partial charge >= 0.3 is 0 Å². The molecule has 0 spiro atoms. The van der Waals surface area contributed by atoms with E-state index in [1.807, 2.05) is 24.3 Å². The van der Waals surface area contributed by atoms with Crippen molar-refractivity contribution in [2.75, 3.05) is 49.5 Å². The molecule has 0 bridgehead atoms. The predicted octanol–water partition coefficient (Wildman–Crippen LogP) is 1.50. The smallest absolute Gasteiger partial charge is 0.238 e. The molecule has 0 saturated carbocycles. The summed E-state index contributed by atoms with van der Waals surface area (Å²) in [5, 5.41) is 6.20. The van der Waals surface area contributed by atoms with Crippen LogP contribution >= 0.6 is 24.8 Å². The Hall–Kier alpha value is -1.34. The Morgan fingerprint density at radius 3 is 2.58 bits per heavy atom. The molecule has 0 aromatic heterocycles. The summed E-state index contributed by atoms with van der Waals surface area (Å²) in [6.07, 6.45) is 1.51. The lowest BCUT2D eigenvalue weighted by molar-refractivity contribution is -0.118. The van der Waals surface area contributed by atoms with Gasteiger partial charge < -0.3 is 15.5 Å². The van der Waals surface area contributed by atoms with E-state index in [0.29, 0.717) is 13.0 Å². The number of carbonyl (C=O) groups excluding carboxylic acids is 2. The van der Waals surface area contributed by atoms with E-state index in [0.717, 1.165) is 50.5 Å². The van der Waals surface area contributed by atoms with Crippen molar-refractivity contribution >= 4 is 48.0 Å².